The van der Waals surface area contributed by atoms with Crippen molar-refractivity contribution in [3.63, 3.8) is 0 Å². The minimum absolute atomic E-state index is 0.579. The van der Waals surface area contributed by atoms with Gasteiger partial charge in [-0.25, -0.2) is 4.98 Å². The maximum atomic E-state index is 5.01. The van der Waals surface area contributed by atoms with E-state index >= 15 is 0 Å². The number of nitrogens with zero attached hydrogens (tertiary/aromatic N) is 3. The molecule has 0 radical (unpaired) electrons. The van der Waals surface area contributed by atoms with Crippen molar-refractivity contribution in [2.75, 3.05) is 0 Å². The summed E-state index contributed by atoms with van der Waals surface area (Å²) in [6.45, 7) is 1.79. The molecule has 0 N–H and O–H groups in total. The molecule has 0 spiro atoms. The molecule has 0 unspecified atom stereocenters. The Balaban J connectivity index is 1.77. The first-order valence-corrected chi connectivity index (χ1v) is 8.29. The van der Waals surface area contributed by atoms with Crippen molar-refractivity contribution >= 4 is 27.3 Å². The summed E-state index contributed by atoms with van der Waals surface area (Å²) in [6, 6.07) is 0. The number of aryl methyl sites for hydroxylation is 1. The third kappa shape index (κ3) is 3.05. The van der Waals surface area contributed by atoms with Gasteiger partial charge in [0.2, 0.25) is 11.7 Å². The molecule has 0 bridgehead atoms. The van der Waals surface area contributed by atoms with E-state index < -0.39 is 0 Å². The van der Waals surface area contributed by atoms with Gasteiger partial charge in [0, 0.05) is 6.92 Å². The van der Waals surface area contributed by atoms with Crippen molar-refractivity contribution in [3.8, 4) is 10.8 Å². The minimum Gasteiger partial charge on any atom is -0.339 e. The monoisotopic (exact) mass is 341 g/mol. The van der Waals surface area contributed by atoms with Crippen LogP contribution in [0.15, 0.2) is 8.31 Å². The molecule has 1 fully saturated rings. The summed E-state index contributed by atoms with van der Waals surface area (Å²) in [7, 11) is 0. The van der Waals surface area contributed by atoms with Crippen LogP contribution in [0.1, 0.15) is 43.7 Å². The first kappa shape index (κ1) is 13.2. The average Bonchev–Trinajstić information content (AvgIpc) is 2.98. The Labute approximate surface area is 124 Å². The lowest BCUT2D eigenvalue weighted by atomic mass is 9.86. The van der Waals surface area contributed by atoms with Crippen LogP contribution in [0.3, 0.4) is 0 Å². The van der Waals surface area contributed by atoms with Gasteiger partial charge in [0.05, 0.1) is 9.48 Å². The molecule has 6 heteroatoms. The van der Waals surface area contributed by atoms with Gasteiger partial charge < -0.3 is 4.52 Å². The van der Waals surface area contributed by atoms with Gasteiger partial charge in [-0.2, -0.15) is 4.98 Å². The summed E-state index contributed by atoms with van der Waals surface area (Å²) in [5.74, 6) is 1.96. The van der Waals surface area contributed by atoms with Crippen molar-refractivity contribution in [2.45, 2.75) is 45.4 Å². The topological polar surface area (TPSA) is 51.8 Å². The van der Waals surface area contributed by atoms with Gasteiger partial charge in [-0.15, -0.1) is 11.3 Å². The van der Waals surface area contributed by atoms with E-state index in [1.807, 2.05) is 0 Å². The van der Waals surface area contributed by atoms with E-state index in [9.17, 15) is 0 Å². The number of rotatable bonds is 3. The average molecular weight is 342 g/mol. The van der Waals surface area contributed by atoms with Gasteiger partial charge >= 0.3 is 0 Å². The molecule has 19 heavy (non-hydrogen) atoms. The second-order valence-electron chi connectivity index (χ2n) is 5.08. The molecule has 1 aliphatic rings. The largest absolute Gasteiger partial charge is 0.339 e. The zero-order valence-corrected chi connectivity index (χ0v) is 13.3. The molecule has 102 valence electrons. The number of thiazole rings is 1. The first-order chi connectivity index (χ1) is 9.22. The standard InChI is InChI=1S/C13H16BrN3OS/c1-8-15-12(17-18-8)13-16-10(11(14)19-13)7-9-5-3-2-4-6-9/h9H,2-7H2,1H3. The molecule has 0 amide bonds. The molecule has 0 atom stereocenters. The molecule has 1 saturated carbocycles. The predicted molar refractivity (Wildman–Crippen MR) is 78.1 cm³/mol. The zero-order chi connectivity index (χ0) is 13.2. The van der Waals surface area contributed by atoms with Crippen LogP contribution in [0.4, 0.5) is 0 Å². The Morgan fingerprint density at radius 2 is 2.05 bits per heavy atom. The lowest BCUT2D eigenvalue weighted by molar-refractivity contribution is 0.354. The van der Waals surface area contributed by atoms with E-state index in [1.54, 1.807) is 18.3 Å². The highest BCUT2D eigenvalue weighted by Crippen LogP contribution is 2.34. The fourth-order valence-corrected chi connectivity index (χ4v) is 4.06. The molecular weight excluding hydrogens is 326 g/mol. The second kappa shape index (κ2) is 5.71. The van der Waals surface area contributed by atoms with E-state index in [-0.39, 0.29) is 0 Å². The van der Waals surface area contributed by atoms with Crippen LogP contribution in [0.5, 0.6) is 0 Å². The van der Waals surface area contributed by atoms with Crippen molar-refractivity contribution in [2.24, 2.45) is 5.92 Å². The van der Waals surface area contributed by atoms with Gasteiger partial charge in [0.1, 0.15) is 0 Å². The first-order valence-electron chi connectivity index (χ1n) is 6.68. The molecule has 4 nitrogen and oxygen atoms in total. The summed E-state index contributed by atoms with van der Waals surface area (Å²) >= 11 is 5.21. The number of halogens is 1. The van der Waals surface area contributed by atoms with Gasteiger partial charge in [-0.1, -0.05) is 37.3 Å². The highest BCUT2D eigenvalue weighted by molar-refractivity contribution is 9.11. The normalized spacial score (nSPS) is 16.9. The van der Waals surface area contributed by atoms with Crippen LogP contribution in [0, 0.1) is 12.8 Å². The van der Waals surface area contributed by atoms with Crippen LogP contribution in [-0.4, -0.2) is 15.1 Å². The van der Waals surface area contributed by atoms with E-state index in [2.05, 4.69) is 31.1 Å². The van der Waals surface area contributed by atoms with Crippen molar-refractivity contribution < 1.29 is 4.52 Å². The van der Waals surface area contributed by atoms with Gasteiger partial charge in [-0.05, 0) is 28.3 Å². The fourth-order valence-electron chi connectivity index (χ4n) is 2.61. The summed E-state index contributed by atoms with van der Waals surface area (Å²) in [6.07, 6.45) is 7.85. The van der Waals surface area contributed by atoms with E-state index in [1.165, 1.54) is 32.1 Å². The maximum absolute atomic E-state index is 5.01. The molecule has 0 aromatic carbocycles. The third-order valence-corrected chi connectivity index (χ3v) is 5.40. The van der Waals surface area contributed by atoms with Crippen LogP contribution in [-0.2, 0) is 6.42 Å². The quantitative estimate of drug-likeness (QED) is 0.830. The van der Waals surface area contributed by atoms with Crippen molar-refractivity contribution in [3.05, 3.63) is 15.4 Å². The molecule has 1 aliphatic carbocycles. The predicted octanol–water partition coefficient (Wildman–Crippen LogP) is 4.39. The van der Waals surface area contributed by atoms with Gasteiger partial charge in [0.25, 0.3) is 0 Å². The summed E-state index contributed by atoms with van der Waals surface area (Å²) in [5, 5.41) is 4.77. The lowest BCUT2D eigenvalue weighted by Crippen LogP contribution is -2.09. The highest BCUT2D eigenvalue weighted by atomic mass is 79.9. The van der Waals surface area contributed by atoms with Crippen LogP contribution < -0.4 is 0 Å². The Morgan fingerprint density at radius 1 is 1.26 bits per heavy atom. The molecule has 2 aromatic heterocycles. The van der Waals surface area contributed by atoms with E-state index in [4.69, 9.17) is 4.52 Å². The molecule has 2 aromatic rings. The number of hydrogen-bond acceptors (Lipinski definition) is 5. The van der Waals surface area contributed by atoms with E-state index in [0.29, 0.717) is 11.7 Å². The second-order valence-corrected chi connectivity index (χ2v) is 7.40. The Bertz CT molecular complexity index is 560. The van der Waals surface area contributed by atoms with Gasteiger partial charge in [-0.3, -0.25) is 0 Å². The summed E-state index contributed by atoms with van der Waals surface area (Å²) < 4.78 is 6.12. The molecule has 2 heterocycles. The van der Waals surface area contributed by atoms with Crippen molar-refractivity contribution in [1.82, 2.24) is 15.1 Å². The maximum Gasteiger partial charge on any atom is 0.231 e. The number of aromatic nitrogens is 3. The summed E-state index contributed by atoms with van der Waals surface area (Å²) in [4.78, 5) is 8.91. The fraction of sp³-hybridized carbons (Fsp3) is 0.615. The Hall–Kier alpha value is -0.750. The number of hydrogen-bond donors (Lipinski definition) is 0. The molecule has 0 aliphatic heterocycles. The smallest absolute Gasteiger partial charge is 0.231 e. The lowest BCUT2D eigenvalue weighted by Gasteiger charge is -2.20. The highest BCUT2D eigenvalue weighted by Gasteiger charge is 2.20. The van der Waals surface area contributed by atoms with Crippen LogP contribution in [0.25, 0.3) is 10.8 Å². The molecular formula is C13H16BrN3OS. The SMILES string of the molecule is Cc1nc(-c2nc(CC3CCCCC3)c(Br)s2)no1. The van der Waals surface area contributed by atoms with E-state index in [0.717, 1.165) is 26.8 Å². The van der Waals surface area contributed by atoms with Crippen LogP contribution >= 0.6 is 27.3 Å². The Morgan fingerprint density at radius 3 is 2.74 bits per heavy atom. The minimum atomic E-state index is 0.579. The Kier molecular flexibility index (Phi) is 3.98. The molecule has 3 rings (SSSR count). The zero-order valence-electron chi connectivity index (χ0n) is 10.9. The van der Waals surface area contributed by atoms with Gasteiger partial charge in [0.15, 0.2) is 5.01 Å². The third-order valence-electron chi connectivity index (χ3n) is 3.58. The van der Waals surface area contributed by atoms with Crippen molar-refractivity contribution in [1.29, 1.82) is 0 Å². The summed E-state index contributed by atoms with van der Waals surface area (Å²) in [5.41, 5.74) is 1.15. The van der Waals surface area contributed by atoms with Crippen LogP contribution in [0.2, 0.25) is 0 Å². The molecule has 0 saturated heterocycles.